The third-order valence-corrected chi connectivity index (χ3v) is 6.49. The summed E-state index contributed by atoms with van der Waals surface area (Å²) in [6, 6.07) is 19.1. The number of ether oxygens (including phenoxy) is 2. The molecule has 7 nitrogen and oxygen atoms in total. The molecule has 1 aliphatic heterocycles. The Hall–Kier alpha value is -4.26. The Morgan fingerprint density at radius 3 is 2.34 bits per heavy atom. The molecule has 1 unspecified atom stereocenters. The number of benzene rings is 3. The first-order chi connectivity index (χ1) is 18.3. The van der Waals surface area contributed by atoms with Gasteiger partial charge in [0.15, 0.2) is 0 Å². The summed E-state index contributed by atoms with van der Waals surface area (Å²) in [6.45, 7) is 6.85. The SMILES string of the molecule is CCCOc1ccc(/C(O)=C2\C(=O)C(=O)N(c3cccc(OCC)c3)C2c2ccc(N(C)C)cc2)cc1C. The van der Waals surface area contributed by atoms with E-state index in [1.54, 1.807) is 42.5 Å². The molecule has 1 amide bonds. The Kier molecular flexibility index (Phi) is 8.05. The highest BCUT2D eigenvalue weighted by molar-refractivity contribution is 6.51. The molecule has 1 aliphatic rings. The molecule has 1 saturated heterocycles. The highest BCUT2D eigenvalue weighted by Crippen LogP contribution is 2.43. The molecule has 0 saturated carbocycles. The first-order valence-electron chi connectivity index (χ1n) is 12.8. The lowest BCUT2D eigenvalue weighted by molar-refractivity contribution is -0.132. The van der Waals surface area contributed by atoms with Crippen LogP contribution in [0.3, 0.4) is 0 Å². The molecule has 0 aliphatic carbocycles. The van der Waals surface area contributed by atoms with E-state index in [1.807, 2.05) is 64.0 Å². The standard InChI is InChI=1S/C31H34N2O5/c1-6-17-38-26-16-13-22(18-20(26)3)29(34)27-28(21-11-14-23(15-12-21)32(4)5)33(31(36)30(27)35)24-9-8-10-25(19-24)37-7-2/h8-16,18-19,28,34H,6-7,17H2,1-5H3/b29-27+. The second-order valence-electron chi connectivity index (χ2n) is 9.41. The lowest BCUT2D eigenvalue weighted by Crippen LogP contribution is -2.29. The fourth-order valence-electron chi connectivity index (χ4n) is 4.58. The zero-order chi connectivity index (χ0) is 27.4. The number of amides is 1. The number of aliphatic hydroxyl groups excluding tert-OH is 1. The van der Waals surface area contributed by atoms with Crippen LogP contribution in [-0.2, 0) is 9.59 Å². The van der Waals surface area contributed by atoms with Crippen molar-refractivity contribution in [2.45, 2.75) is 33.2 Å². The van der Waals surface area contributed by atoms with Crippen LogP contribution < -0.4 is 19.3 Å². The molecule has 4 rings (SSSR count). The number of aliphatic hydroxyl groups is 1. The number of hydrogen-bond donors (Lipinski definition) is 1. The van der Waals surface area contributed by atoms with E-state index in [1.165, 1.54) is 4.90 Å². The predicted molar refractivity (Wildman–Crippen MR) is 150 cm³/mol. The third kappa shape index (κ3) is 5.23. The summed E-state index contributed by atoms with van der Waals surface area (Å²) in [5.41, 5.74) is 3.50. The molecular weight excluding hydrogens is 480 g/mol. The maximum Gasteiger partial charge on any atom is 0.300 e. The molecule has 0 bridgehead atoms. The van der Waals surface area contributed by atoms with Gasteiger partial charge in [0.25, 0.3) is 11.7 Å². The first-order valence-corrected chi connectivity index (χ1v) is 12.8. The topological polar surface area (TPSA) is 79.3 Å². The Morgan fingerprint density at radius 2 is 1.71 bits per heavy atom. The fraction of sp³-hybridized carbons (Fsp3) is 0.290. The summed E-state index contributed by atoms with van der Waals surface area (Å²) in [6.07, 6.45) is 0.877. The number of Topliss-reactive ketones (excluding diaryl/α,β-unsaturated/α-hetero) is 1. The molecule has 0 spiro atoms. The van der Waals surface area contributed by atoms with Crippen LogP contribution in [0.5, 0.6) is 11.5 Å². The van der Waals surface area contributed by atoms with E-state index in [9.17, 15) is 14.7 Å². The van der Waals surface area contributed by atoms with Crippen LogP contribution >= 0.6 is 0 Å². The van der Waals surface area contributed by atoms with E-state index in [0.717, 1.165) is 17.7 Å². The number of anilines is 2. The molecule has 38 heavy (non-hydrogen) atoms. The molecular formula is C31H34N2O5. The van der Waals surface area contributed by atoms with Crippen LogP contribution in [0.1, 0.15) is 43.0 Å². The quantitative estimate of drug-likeness (QED) is 0.218. The van der Waals surface area contributed by atoms with E-state index in [4.69, 9.17) is 9.47 Å². The molecule has 1 fully saturated rings. The van der Waals surface area contributed by atoms with Crippen LogP contribution in [0, 0.1) is 6.92 Å². The maximum absolute atomic E-state index is 13.5. The number of hydrogen-bond acceptors (Lipinski definition) is 6. The molecule has 3 aromatic rings. The summed E-state index contributed by atoms with van der Waals surface area (Å²) >= 11 is 0. The largest absolute Gasteiger partial charge is 0.507 e. The second kappa shape index (κ2) is 11.4. The molecule has 3 aromatic carbocycles. The van der Waals surface area contributed by atoms with Gasteiger partial charge in [-0.15, -0.1) is 0 Å². The molecule has 0 aromatic heterocycles. The number of carbonyl (C=O) groups is 2. The molecule has 1 heterocycles. The van der Waals surface area contributed by atoms with Crippen molar-refractivity contribution in [2.24, 2.45) is 0 Å². The van der Waals surface area contributed by atoms with Crippen molar-refractivity contribution in [1.29, 1.82) is 0 Å². The molecule has 7 heteroatoms. The lowest BCUT2D eigenvalue weighted by atomic mass is 9.94. The van der Waals surface area contributed by atoms with Crippen LogP contribution in [-0.4, -0.2) is 44.1 Å². The van der Waals surface area contributed by atoms with Crippen molar-refractivity contribution in [3.8, 4) is 11.5 Å². The van der Waals surface area contributed by atoms with Crippen molar-refractivity contribution < 1.29 is 24.2 Å². The van der Waals surface area contributed by atoms with Crippen molar-refractivity contribution >= 4 is 28.8 Å². The van der Waals surface area contributed by atoms with Gasteiger partial charge in [0.2, 0.25) is 0 Å². The second-order valence-corrected chi connectivity index (χ2v) is 9.41. The minimum absolute atomic E-state index is 0.0380. The number of nitrogens with zero attached hydrogens (tertiary/aromatic N) is 2. The van der Waals surface area contributed by atoms with Crippen molar-refractivity contribution in [1.82, 2.24) is 0 Å². The lowest BCUT2D eigenvalue weighted by Gasteiger charge is -2.26. The summed E-state index contributed by atoms with van der Waals surface area (Å²) in [5.74, 6) is -0.366. The minimum Gasteiger partial charge on any atom is -0.507 e. The van der Waals surface area contributed by atoms with Crippen molar-refractivity contribution in [2.75, 3.05) is 37.1 Å². The van der Waals surface area contributed by atoms with E-state index in [0.29, 0.717) is 41.5 Å². The van der Waals surface area contributed by atoms with Gasteiger partial charge in [0, 0.05) is 37.1 Å². The van der Waals surface area contributed by atoms with Gasteiger partial charge in [0.05, 0.1) is 24.8 Å². The Labute approximate surface area is 223 Å². The first kappa shape index (κ1) is 26.8. The van der Waals surface area contributed by atoms with Crippen LogP contribution in [0.2, 0.25) is 0 Å². The van der Waals surface area contributed by atoms with Gasteiger partial charge in [0.1, 0.15) is 17.3 Å². The van der Waals surface area contributed by atoms with Gasteiger partial charge in [-0.3, -0.25) is 14.5 Å². The van der Waals surface area contributed by atoms with Gasteiger partial charge in [-0.2, -0.15) is 0 Å². The summed E-state index contributed by atoms with van der Waals surface area (Å²) in [7, 11) is 3.88. The molecule has 1 N–H and O–H groups in total. The van der Waals surface area contributed by atoms with Gasteiger partial charge in [-0.05, 0) is 73.9 Å². The monoisotopic (exact) mass is 514 g/mol. The van der Waals surface area contributed by atoms with Crippen LogP contribution in [0.4, 0.5) is 11.4 Å². The molecule has 198 valence electrons. The minimum atomic E-state index is -0.820. The maximum atomic E-state index is 13.5. The normalized spacial score (nSPS) is 16.6. The number of rotatable bonds is 9. The molecule has 0 radical (unpaired) electrons. The van der Waals surface area contributed by atoms with E-state index < -0.39 is 17.7 Å². The zero-order valence-electron chi connectivity index (χ0n) is 22.5. The number of carbonyl (C=O) groups excluding carboxylic acids is 2. The summed E-state index contributed by atoms with van der Waals surface area (Å²) < 4.78 is 11.4. The highest BCUT2D eigenvalue weighted by Gasteiger charge is 2.47. The molecule has 1 atom stereocenters. The van der Waals surface area contributed by atoms with E-state index >= 15 is 0 Å². The van der Waals surface area contributed by atoms with Gasteiger partial charge in [-0.25, -0.2) is 0 Å². The Bertz CT molecular complexity index is 1360. The fourth-order valence-corrected chi connectivity index (χ4v) is 4.58. The van der Waals surface area contributed by atoms with Crippen molar-refractivity contribution in [3.63, 3.8) is 0 Å². The zero-order valence-corrected chi connectivity index (χ0v) is 22.5. The van der Waals surface area contributed by atoms with Gasteiger partial charge < -0.3 is 19.5 Å². The van der Waals surface area contributed by atoms with Crippen LogP contribution in [0.15, 0.2) is 72.3 Å². The highest BCUT2D eigenvalue weighted by atomic mass is 16.5. The summed E-state index contributed by atoms with van der Waals surface area (Å²) in [4.78, 5) is 30.4. The van der Waals surface area contributed by atoms with Crippen molar-refractivity contribution in [3.05, 3.63) is 89.0 Å². The number of ketones is 1. The summed E-state index contributed by atoms with van der Waals surface area (Å²) in [5, 5.41) is 11.5. The third-order valence-electron chi connectivity index (χ3n) is 6.49. The predicted octanol–water partition coefficient (Wildman–Crippen LogP) is 5.87. The smallest absolute Gasteiger partial charge is 0.300 e. The Balaban J connectivity index is 1.87. The Morgan fingerprint density at radius 1 is 0.974 bits per heavy atom. The van der Waals surface area contributed by atoms with Crippen LogP contribution in [0.25, 0.3) is 5.76 Å². The van der Waals surface area contributed by atoms with Gasteiger partial charge >= 0.3 is 0 Å². The number of aryl methyl sites for hydroxylation is 1. The average molecular weight is 515 g/mol. The van der Waals surface area contributed by atoms with Gasteiger partial charge in [-0.1, -0.05) is 25.1 Å². The van der Waals surface area contributed by atoms with E-state index in [2.05, 4.69) is 0 Å². The average Bonchev–Trinajstić information content (AvgIpc) is 3.18. The van der Waals surface area contributed by atoms with E-state index in [-0.39, 0.29) is 11.3 Å².